The van der Waals surface area contributed by atoms with Gasteiger partial charge in [-0.25, -0.2) is 9.50 Å². The molecule has 0 aliphatic heterocycles. The Morgan fingerprint density at radius 1 is 1.12 bits per heavy atom. The Labute approximate surface area is 192 Å². The van der Waals surface area contributed by atoms with E-state index in [0.29, 0.717) is 21.6 Å². The average Bonchev–Trinajstić information content (AvgIpc) is 3.39. The van der Waals surface area contributed by atoms with Gasteiger partial charge in [-0.1, -0.05) is 0 Å². The summed E-state index contributed by atoms with van der Waals surface area (Å²) < 4.78 is 54.3. The fourth-order valence-electron chi connectivity index (χ4n) is 3.41. The van der Waals surface area contributed by atoms with Crippen molar-refractivity contribution in [3.8, 4) is 22.8 Å². The van der Waals surface area contributed by atoms with Crippen molar-refractivity contribution < 1.29 is 27.4 Å². The molecule has 0 saturated carbocycles. The second kappa shape index (κ2) is 8.69. The SMILES string of the molecule is COc1ccc(-c2cc(C(F)(F)F)n3nc(C(=O)NCc4cnn(C)c4C)cc3n2)cc1OC. The maximum Gasteiger partial charge on any atom is 0.433 e. The van der Waals surface area contributed by atoms with Crippen LogP contribution in [-0.2, 0) is 19.8 Å². The molecule has 3 heterocycles. The summed E-state index contributed by atoms with van der Waals surface area (Å²) in [5.41, 5.74) is 0.680. The summed E-state index contributed by atoms with van der Waals surface area (Å²) in [6.45, 7) is 2.00. The molecule has 3 aromatic heterocycles. The summed E-state index contributed by atoms with van der Waals surface area (Å²) in [5.74, 6) is 0.139. The van der Waals surface area contributed by atoms with Gasteiger partial charge in [-0.3, -0.25) is 9.48 Å². The molecular weight excluding hydrogens is 453 g/mol. The first kappa shape index (κ1) is 23.1. The van der Waals surface area contributed by atoms with Gasteiger partial charge in [-0.2, -0.15) is 23.4 Å². The number of carbonyl (C=O) groups excluding carboxylic acids is 1. The van der Waals surface area contributed by atoms with Crippen molar-refractivity contribution in [1.29, 1.82) is 0 Å². The van der Waals surface area contributed by atoms with Crippen molar-refractivity contribution in [1.82, 2.24) is 29.7 Å². The molecule has 34 heavy (non-hydrogen) atoms. The summed E-state index contributed by atoms with van der Waals surface area (Å²) >= 11 is 0. The Hall–Kier alpha value is -4.09. The van der Waals surface area contributed by atoms with Crippen LogP contribution in [-0.4, -0.2) is 44.5 Å². The third-order valence-corrected chi connectivity index (χ3v) is 5.41. The summed E-state index contributed by atoms with van der Waals surface area (Å²) in [7, 11) is 4.65. The Morgan fingerprint density at radius 2 is 1.85 bits per heavy atom. The van der Waals surface area contributed by atoms with E-state index < -0.39 is 17.8 Å². The third kappa shape index (κ3) is 4.26. The number of amides is 1. The topological polar surface area (TPSA) is 95.6 Å². The zero-order valence-electron chi connectivity index (χ0n) is 18.8. The number of fused-ring (bicyclic) bond motifs is 1. The first-order valence-corrected chi connectivity index (χ1v) is 10.1. The summed E-state index contributed by atoms with van der Waals surface area (Å²) in [6, 6.07) is 6.76. The second-order valence-corrected chi connectivity index (χ2v) is 7.46. The van der Waals surface area contributed by atoms with Gasteiger partial charge in [0.2, 0.25) is 0 Å². The number of methoxy groups -OCH3 is 2. The van der Waals surface area contributed by atoms with Crippen LogP contribution >= 0.6 is 0 Å². The summed E-state index contributed by atoms with van der Waals surface area (Å²) in [6.07, 6.45) is -3.13. The molecule has 178 valence electrons. The van der Waals surface area contributed by atoms with Gasteiger partial charge in [0, 0.05) is 36.5 Å². The standard InChI is InChI=1S/C22H21F3N6O3/c1-12-14(11-27-30(12)2)10-26-21(32)16-9-20-28-15(8-19(22(23,24)25)31(20)29-16)13-5-6-17(33-3)18(7-13)34-4/h5-9,11H,10H2,1-4H3,(H,26,32). The van der Waals surface area contributed by atoms with E-state index in [1.165, 1.54) is 26.4 Å². The summed E-state index contributed by atoms with van der Waals surface area (Å²) in [5, 5.41) is 10.6. The molecule has 0 radical (unpaired) electrons. The highest BCUT2D eigenvalue weighted by Crippen LogP contribution is 2.35. The molecule has 0 unspecified atom stereocenters. The van der Waals surface area contributed by atoms with E-state index in [9.17, 15) is 18.0 Å². The van der Waals surface area contributed by atoms with E-state index >= 15 is 0 Å². The number of ether oxygens (including phenoxy) is 2. The lowest BCUT2D eigenvalue weighted by Crippen LogP contribution is -2.23. The molecule has 0 saturated heterocycles. The van der Waals surface area contributed by atoms with Crippen molar-refractivity contribution >= 4 is 11.6 Å². The molecule has 0 atom stereocenters. The smallest absolute Gasteiger partial charge is 0.433 e. The van der Waals surface area contributed by atoms with E-state index in [0.717, 1.165) is 17.3 Å². The maximum absolute atomic E-state index is 13.9. The summed E-state index contributed by atoms with van der Waals surface area (Å²) in [4.78, 5) is 16.9. The molecule has 0 bridgehead atoms. The van der Waals surface area contributed by atoms with E-state index in [2.05, 4.69) is 20.5 Å². The number of nitrogens with zero attached hydrogens (tertiary/aromatic N) is 5. The molecule has 4 rings (SSSR count). The largest absolute Gasteiger partial charge is 0.493 e. The maximum atomic E-state index is 13.9. The van der Waals surface area contributed by atoms with Crippen LogP contribution in [0.4, 0.5) is 13.2 Å². The lowest BCUT2D eigenvalue weighted by Gasteiger charge is -2.12. The molecule has 0 fully saturated rings. The van der Waals surface area contributed by atoms with Gasteiger partial charge < -0.3 is 14.8 Å². The molecule has 1 aromatic carbocycles. The van der Waals surface area contributed by atoms with Crippen LogP contribution in [0.2, 0.25) is 0 Å². The van der Waals surface area contributed by atoms with Crippen molar-refractivity contribution in [3.63, 3.8) is 0 Å². The number of benzene rings is 1. The monoisotopic (exact) mass is 474 g/mol. The van der Waals surface area contributed by atoms with E-state index in [-0.39, 0.29) is 23.6 Å². The number of hydrogen-bond acceptors (Lipinski definition) is 6. The van der Waals surface area contributed by atoms with Gasteiger partial charge >= 0.3 is 6.18 Å². The number of aromatic nitrogens is 5. The number of hydrogen-bond donors (Lipinski definition) is 1. The molecule has 1 amide bonds. The molecular formula is C22H21F3N6O3. The number of nitrogens with one attached hydrogen (secondary N) is 1. The second-order valence-electron chi connectivity index (χ2n) is 7.46. The van der Waals surface area contributed by atoms with Gasteiger partial charge in [-0.05, 0) is 31.2 Å². The Morgan fingerprint density at radius 3 is 2.47 bits per heavy atom. The van der Waals surface area contributed by atoms with Crippen molar-refractivity contribution in [2.75, 3.05) is 14.2 Å². The molecule has 0 aliphatic carbocycles. The van der Waals surface area contributed by atoms with Crippen molar-refractivity contribution in [2.45, 2.75) is 19.6 Å². The lowest BCUT2D eigenvalue weighted by molar-refractivity contribution is -0.142. The highest BCUT2D eigenvalue weighted by atomic mass is 19.4. The van der Waals surface area contributed by atoms with Gasteiger partial charge in [0.1, 0.15) is 0 Å². The Bertz CT molecular complexity index is 1380. The predicted octanol–water partition coefficient (Wildman–Crippen LogP) is 3.40. The minimum Gasteiger partial charge on any atom is -0.493 e. The number of halogens is 3. The first-order valence-electron chi connectivity index (χ1n) is 10.1. The van der Waals surface area contributed by atoms with Gasteiger partial charge in [0.15, 0.2) is 28.5 Å². The molecule has 12 heteroatoms. The zero-order chi connectivity index (χ0) is 24.6. The Balaban J connectivity index is 1.72. The van der Waals surface area contributed by atoms with Crippen molar-refractivity contribution in [3.05, 3.63) is 59.2 Å². The fourth-order valence-corrected chi connectivity index (χ4v) is 3.41. The zero-order valence-corrected chi connectivity index (χ0v) is 18.8. The van der Waals surface area contributed by atoms with Crippen LogP contribution in [0.5, 0.6) is 11.5 Å². The lowest BCUT2D eigenvalue weighted by atomic mass is 10.1. The van der Waals surface area contributed by atoms with Crippen LogP contribution in [0.3, 0.4) is 0 Å². The van der Waals surface area contributed by atoms with E-state index in [4.69, 9.17) is 9.47 Å². The first-order chi connectivity index (χ1) is 16.1. The minimum absolute atomic E-state index is 0.0404. The Kier molecular flexibility index (Phi) is 5.90. The van der Waals surface area contributed by atoms with E-state index in [1.54, 1.807) is 30.1 Å². The average molecular weight is 474 g/mol. The van der Waals surface area contributed by atoms with Gasteiger partial charge in [0.25, 0.3) is 5.91 Å². The van der Waals surface area contributed by atoms with Gasteiger partial charge in [0.05, 0.1) is 26.1 Å². The quantitative estimate of drug-likeness (QED) is 0.460. The van der Waals surface area contributed by atoms with Crippen LogP contribution in [0, 0.1) is 6.92 Å². The molecule has 1 N–H and O–H groups in total. The number of aryl methyl sites for hydroxylation is 1. The van der Waals surface area contributed by atoms with E-state index in [1.807, 2.05) is 6.92 Å². The van der Waals surface area contributed by atoms with Crippen LogP contribution in [0.25, 0.3) is 16.9 Å². The minimum atomic E-state index is -4.74. The molecule has 0 aliphatic rings. The van der Waals surface area contributed by atoms with Gasteiger partial charge in [-0.15, -0.1) is 0 Å². The molecule has 0 spiro atoms. The molecule has 4 aromatic rings. The predicted molar refractivity (Wildman–Crippen MR) is 116 cm³/mol. The number of alkyl halides is 3. The van der Waals surface area contributed by atoms with Crippen LogP contribution in [0.15, 0.2) is 36.5 Å². The number of carbonyl (C=O) groups is 1. The third-order valence-electron chi connectivity index (χ3n) is 5.41. The van der Waals surface area contributed by atoms with Crippen molar-refractivity contribution in [2.24, 2.45) is 7.05 Å². The van der Waals surface area contributed by atoms with Crippen LogP contribution < -0.4 is 14.8 Å². The number of rotatable bonds is 6. The van der Waals surface area contributed by atoms with Crippen LogP contribution in [0.1, 0.15) is 27.4 Å². The fraction of sp³-hybridized carbons (Fsp3) is 0.273. The highest BCUT2D eigenvalue weighted by Gasteiger charge is 2.35. The normalized spacial score (nSPS) is 11.6. The molecule has 9 nitrogen and oxygen atoms in total. The highest BCUT2D eigenvalue weighted by molar-refractivity contribution is 5.93.